The van der Waals surface area contributed by atoms with Gasteiger partial charge in [0.2, 0.25) is 0 Å². The Balaban J connectivity index is 2.27. The number of nitrogens with one attached hydrogen (secondary N) is 1. The lowest BCUT2D eigenvalue weighted by Gasteiger charge is -2.16. The summed E-state index contributed by atoms with van der Waals surface area (Å²) < 4.78 is 0.703. The monoisotopic (exact) mass is 340 g/mol. The number of anilines is 1. The molecule has 0 amide bonds. The zero-order valence-electron chi connectivity index (χ0n) is 9.68. The zero-order valence-corrected chi connectivity index (χ0v) is 12.0. The molecular formula is C13H10BrClN2O2. The zero-order chi connectivity index (χ0) is 13.8. The van der Waals surface area contributed by atoms with E-state index in [1.54, 1.807) is 36.5 Å². The van der Waals surface area contributed by atoms with E-state index in [1.165, 1.54) is 6.20 Å². The van der Waals surface area contributed by atoms with Crippen molar-refractivity contribution in [3.05, 3.63) is 57.8 Å². The van der Waals surface area contributed by atoms with Crippen LogP contribution in [0.1, 0.15) is 11.6 Å². The number of carboxylic acids is 1. The van der Waals surface area contributed by atoms with Crippen LogP contribution in [0.4, 0.5) is 5.69 Å². The highest BCUT2D eigenvalue weighted by molar-refractivity contribution is 9.10. The number of carbonyl (C=O) groups is 1. The Hall–Kier alpha value is -1.59. The van der Waals surface area contributed by atoms with Crippen LogP contribution in [-0.4, -0.2) is 16.1 Å². The number of hydrogen-bond donors (Lipinski definition) is 2. The molecule has 4 nitrogen and oxygen atoms in total. The fraction of sp³-hybridized carbons (Fsp3) is 0.0769. The topological polar surface area (TPSA) is 62.2 Å². The highest BCUT2D eigenvalue weighted by Gasteiger charge is 2.19. The van der Waals surface area contributed by atoms with Crippen LogP contribution in [0.3, 0.4) is 0 Å². The summed E-state index contributed by atoms with van der Waals surface area (Å²) >= 11 is 9.19. The largest absolute Gasteiger partial charge is 0.479 e. The van der Waals surface area contributed by atoms with Gasteiger partial charge >= 0.3 is 5.97 Å². The van der Waals surface area contributed by atoms with E-state index in [-0.39, 0.29) is 0 Å². The van der Waals surface area contributed by atoms with E-state index in [9.17, 15) is 9.90 Å². The van der Waals surface area contributed by atoms with Crippen LogP contribution >= 0.6 is 27.5 Å². The second-order valence-electron chi connectivity index (χ2n) is 3.83. The van der Waals surface area contributed by atoms with Gasteiger partial charge in [0, 0.05) is 28.1 Å². The average Bonchev–Trinajstić information content (AvgIpc) is 2.40. The molecule has 2 rings (SSSR count). The Morgan fingerprint density at radius 3 is 2.79 bits per heavy atom. The van der Waals surface area contributed by atoms with Gasteiger partial charge in [0.15, 0.2) is 6.04 Å². The van der Waals surface area contributed by atoms with Crippen molar-refractivity contribution in [2.24, 2.45) is 0 Å². The summed E-state index contributed by atoms with van der Waals surface area (Å²) in [5, 5.41) is 12.8. The van der Waals surface area contributed by atoms with Crippen molar-refractivity contribution in [1.82, 2.24) is 4.98 Å². The van der Waals surface area contributed by atoms with Gasteiger partial charge in [-0.25, -0.2) is 4.79 Å². The lowest BCUT2D eigenvalue weighted by atomic mass is 10.1. The molecule has 2 aromatic rings. The van der Waals surface area contributed by atoms with Crippen LogP contribution in [0.2, 0.25) is 5.02 Å². The van der Waals surface area contributed by atoms with E-state index in [2.05, 4.69) is 26.2 Å². The van der Waals surface area contributed by atoms with Gasteiger partial charge in [-0.15, -0.1) is 0 Å². The van der Waals surface area contributed by atoms with E-state index in [0.29, 0.717) is 20.7 Å². The average molecular weight is 342 g/mol. The predicted molar refractivity (Wildman–Crippen MR) is 77.4 cm³/mol. The van der Waals surface area contributed by atoms with Gasteiger partial charge in [-0.3, -0.25) is 4.98 Å². The van der Waals surface area contributed by atoms with Crippen molar-refractivity contribution in [2.45, 2.75) is 6.04 Å². The molecule has 0 fully saturated rings. The third-order valence-electron chi connectivity index (χ3n) is 2.50. The van der Waals surface area contributed by atoms with Crippen LogP contribution in [0.25, 0.3) is 0 Å². The molecule has 98 valence electrons. The van der Waals surface area contributed by atoms with Crippen molar-refractivity contribution in [2.75, 3.05) is 5.32 Å². The van der Waals surface area contributed by atoms with Gasteiger partial charge in [-0.05, 0) is 40.2 Å². The second kappa shape index (κ2) is 6.04. The van der Waals surface area contributed by atoms with Gasteiger partial charge < -0.3 is 10.4 Å². The SMILES string of the molecule is O=C(O)C(Nc1ccc(Cl)c(Br)c1)c1cccnc1. The quantitative estimate of drug-likeness (QED) is 0.889. The number of halogens is 2. The number of hydrogen-bond acceptors (Lipinski definition) is 3. The van der Waals surface area contributed by atoms with Crippen molar-refractivity contribution in [3.8, 4) is 0 Å². The highest BCUT2D eigenvalue weighted by atomic mass is 79.9. The van der Waals surface area contributed by atoms with Crippen molar-refractivity contribution >= 4 is 39.2 Å². The van der Waals surface area contributed by atoms with Crippen molar-refractivity contribution in [1.29, 1.82) is 0 Å². The molecule has 1 heterocycles. The second-order valence-corrected chi connectivity index (χ2v) is 5.09. The molecule has 0 saturated carbocycles. The van der Waals surface area contributed by atoms with E-state index in [0.717, 1.165) is 0 Å². The molecular weight excluding hydrogens is 332 g/mol. The maximum atomic E-state index is 11.3. The lowest BCUT2D eigenvalue weighted by Crippen LogP contribution is -2.20. The number of benzene rings is 1. The third-order valence-corrected chi connectivity index (χ3v) is 3.71. The summed E-state index contributed by atoms with van der Waals surface area (Å²) in [5.41, 5.74) is 1.24. The lowest BCUT2D eigenvalue weighted by molar-refractivity contribution is -0.138. The summed E-state index contributed by atoms with van der Waals surface area (Å²) in [6.07, 6.45) is 3.12. The molecule has 2 N–H and O–H groups in total. The van der Waals surface area contributed by atoms with E-state index in [4.69, 9.17) is 11.6 Å². The van der Waals surface area contributed by atoms with Crippen molar-refractivity contribution in [3.63, 3.8) is 0 Å². The molecule has 19 heavy (non-hydrogen) atoms. The number of pyridine rings is 1. The Bertz CT molecular complexity index is 592. The highest BCUT2D eigenvalue weighted by Crippen LogP contribution is 2.27. The minimum Gasteiger partial charge on any atom is -0.479 e. The van der Waals surface area contributed by atoms with Crippen LogP contribution in [0, 0.1) is 0 Å². The molecule has 1 unspecified atom stereocenters. The molecule has 0 radical (unpaired) electrons. The molecule has 0 spiro atoms. The summed E-state index contributed by atoms with van der Waals surface area (Å²) in [7, 11) is 0. The first kappa shape index (κ1) is 13.8. The summed E-state index contributed by atoms with van der Waals surface area (Å²) in [5.74, 6) is -0.973. The number of rotatable bonds is 4. The van der Waals surface area contributed by atoms with Gasteiger partial charge in [0.05, 0.1) is 5.02 Å². The normalized spacial score (nSPS) is 11.9. The third kappa shape index (κ3) is 3.45. The molecule has 0 bridgehead atoms. The molecule has 0 aliphatic heterocycles. The molecule has 0 aliphatic rings. The van der Waals surface area contributed by atoms with Gasteiger partial charge in [-0.2, -0.15) is 0 Å². The van der Waals surface area contributed by atoms with E-state index >= 15 is 0 Å². The van der Waals surface area contributed by atoms with Crippen LogP contribution in [-0.2, 0) is 4.79 Å². The fourth-order valence-electron chi connectivity index (χ4n) is 1.59. The molecule has 1 atom stereocenters. The first-order valence-corrected chi connectivity index (χ1v) is 6.59. The minimum absolute atomic E-state index is 0.568. The smallest absolute Gasteiger partial charge is 0.330 e. The summed E-state index contributed by atoms with van der Waals surface area (Å²) in [4.78, 5) is 15.3. The predicted octanol–water partition coefficient (Wildman–Crippen LogP) is 3.74. The van der Waals surface area contributed by atoms with Gasteiger partial charge in [0.1, 0.15) is 0 Å². The maximum absolute atomic E-state index is 11.3. The Morgan fingerprint density at radius 2 is 2.21 bits per heavy atom. The molecule has 0 saturated heterocycles. The van der Waals surface area contributed by atoms with Crippen molar-refractivity contribution < 1.29 is 9.90 Å². The van der Waals surface area contributed by atoms with Crippen LogP contribution < -0.4 is 5.32 Å². The number of carboxylic acid groups (broad SMARTS) is 1. The standard InChI is InChI=1S/C13H10BrClN2O2/c14-10-6-9(3-4-11(10)15)17-12(13(18)19)8-2-1-5-16-7-8/h1-7,12,17H,(H,18,19). The molecule has 6 heteroatoms. The fourth-order valence-corrected chi connectivity index (χ4v) is 2.08. The van der Waals surface area contributed by atoms with E-state index < -0.39 is 12.0 Å². The molecule has 1 aromatic heterocycles. The Labute approximate surface area is 123 Å². The van der Waals surface area contributed by atoms with Gasteiger partial charge in [-0.1, -0.05) is 17.7 Å². The summed E-state index contributed by atoms with van der Waals surface area (Å²) in [6, 6.07) is 7.69. The Kier molecular flexibility index (Phi) is 4.39. The first-order chi connectivity index (χ1) is 9.08. The van der Waals surface area contributed by atoms with Gasteiger partial charge in [0.25, 0.3) is 0 Å². The number of aliphatic carboxylic acids is 1. The summed E-state index contributed by atoms with van der Waals surface area (Å²) in [6.45, 7) is 0. The molecule has 0 aliphatic carbocycles. The van der Waals surface area contributed by atoms with Crippen LogP contribution in [0.5, 0.6) is 0 Å². The number of nitrogens with zero attached hydrogens (tertiary/aromatic N) is 1. The molecule has 1 aromatic carbocycles. The van der Waals surface area contributed by atoms with Crippen LogP contribution in [0.15, 0.2) is 47.2 Å². The minimum atomic E-state index is -0.973. The Morgan fingerprint density at radius 1 is 1.42 bits per heavy atom. The van der Waals surface area contributed by atoms with E-state index in [1.807, 2.05) is 0 Å². The first-order valence-electron chi connectivity index (χ1n) is 5.42. The maximum Gasteiger partial charge on any atom is 0.330 e. The number of aromatic nitrogens is 1.